The first-order valence-electron chi connectivity index (χ1n) is 15.2. The van der Waals surface area contributed by atoms with Crippen LogP contribution in [0, 0.1) is 5.92 Å². The van der Waals surface area contributed by atoms with Gasteiger partial charge in [0.15, 0.2) is 0 Å². The van der Waals surface area contributed by atoms with Gasteiger partial charge in [-0.3, -0.25) is 24.2 Å². The van der Waals surface area contributed by atoms with Crippen molar-refractivity contribution >= 4 is 45.0 Å². The highest BCUT2D eigenvalue weighted by atomic mass is 32.1. The third-order valence-corrected chi connectivity index (χ3v) is 10.5. The SMILES string of the molecule is O=C(C1CCN(c2cccc3c2C(=O)N(Cc2nc4ccccc4s2)C3=O)CC1)N1CCN(C2CCCCC2)CC1. The molecule has 0 spiro atoms. The van der Waals surface area contributed by atoms with Gasteiger partial charge in [-0.2, -0.15) is 0 Å². The fourth-order valence-corrected chi connectivity index (χ4v) is 8.18. The maximum Gasteiger partial charge on any atom is 0.264 e. The monoisotopic (exact) mass is 571 g/mol. The number of rotatable bonds is 5. The summed E-state index contributed by atoms with van der Waals surface area (Å²) >= 11 is 1.51. The van der Waals surface area contributed by atoms with Crippen LogP contribution in [-0.4, -0.2) is 82.7 Å². The van der Waals surface area contributed by atoms with Crippen molar-refractivity contribution in [3.63, 3.8) is 0 Å². The molecule has 1 aliphatic carbocycles. The van der Waals surface area contributed by atoms with E-state index in [-0.39, 0.29) is 24.3 Å². The predicted molar refractivity (Wildman–Crippen MR) is 160 cm³/mol. The van der Waals surface area contributed by atoms with Gasteiger partial charge in [0.2, 0.25) is 5.91 Å². The third kappa shape index (κ3) is 5.03. The summed E-state index contributed by atoms with van der Waals surface area (Å²) in [5, 5.41) is 0.751. The first-order chi connectivity index (χ1) is 20.1. The van der Waals surface area contributed by atoms with Gasteiger partial charge in [-0.25, -0.2) is 4.98 Å². The van der Waals surface area contributed by atoms with Crippen LogP contribution in [0.15, 0.2) is 42.5 Å². The number of amides is 3. The lowest BCUT2D eigenvalue weighted by Gasteiger charge is -2.42. The number of carbonyl (C=O) groups is 3. The molecular formula is C32H37N5O3S. The summed E-state index contributed by atoms with van der Waals surface area (Å²) in [6.45, 7) is 5.24. The lowest BCUT2D eigenvalue weighted by Crippen LogP contribution is -2.54. The van der Waals surface area contributed by atoms with E-state index in [1.54, 1.807) is 6.07 Å². The van der Waals surface area contributed by atoms with Gasteiger partial charge in [0, 0.05) is 51.2 Å². The minimum atomic E-state index is -0.261. The molecule has 4 heterocycles. The second-order valence-corrected chi connectivity index (χ2v) is 13.0. The molecule has 1 aromatic heterocycles. The molecule has 3 amide bonds. The smallest absolute Gasteiger partial charge is 0.264 e. The van der Waals surface area contributed by atoms with Crippen LogP contribution < -0.4 is 4.90 Å². The van der Waals surface area contributed by atoms with Crippen molar-refractivity contribution in [2.45, 2.75) is 57.5 Å². The van der Waals surface area contributed by atoms with Crippen LogP contribution in [0.1, 0.15) is 70.7 Å². The zero-order chi connectivity index (χ0) is 27.9. The van der Waals surface area contributed by atoms with Crippen molar-refractivity contribution < 1.29 is 14.4 Å². The number of imide groups is 1. The summed E-state index contributed by atoms with van der Waals surface area (Å²) in [5.74, 6) is -0.200. The minimum absolute atomic E-state index is 0.0251. The van der Waals surface area contributed by atoms with Gasteiger partial charge in [-0.15, -0.1) is 11.3 Å². The molecule has 7 rings (SSSR count). The fraction of sp³-hybridized carbons (Fsp3) is 0.500. The van der Waals surface area contributed by atoms with E-state index in [1.807, 2.05) is 36.4 Å². The Kier molecular flexibility index (Phi) is 7.25. The summed E-state index contributed by atoms with van der Waals surface area (Å²) in [4.78, 5) is 53.2. The van der Waals surface area contributed by atoms with Crippen molar-refractivity contribution in [2.75, 3.05) is 44.2 Å². The van der Waals surface area contributed by atoms with Crippen LogP contribution in [0.2, 0.25) is 0 Å². The molecule has 214 valence electrons. The molecule has 9 heteroatoms. The van der Waals surface area contributed by atoms with E-state index in [9.17, 15) is 14.4 Å². The zero-order valence-corrected chi connectivity index (χ0v) is 24.3. The Bertz CT molecular complexity index is 1430. The molecule has 0 N–H and O–H groups in total. The molecule has 0 unspecified atom stereocenters. The highest BCUT2D eigenvalue weighted by molar-refractivity contribution is 7.18. The molecule has 2 saturated heterocycles. The van der Waals surface area contributed by atoms with Gasteiger partial charge in [-0.1, -0.05) is 37.5 Å². The number of thiazole rings is 1. The number of carbonyl (C=O) groups excluding carboxylic acids is 3. The summed E-state index contributed by atoms with van der Waals surface area (Å²) in [6, 6.07) is 14.1. The van der Waals surface area contributed by atoms with Crippen molar-refractivity contribution in [1.29, 1.82) is 0 Å². The third-order valence-electron chi connectivity index (χ3n) is 9.51. The Labute approximate surface area is 244 Å². The largest absolute Gasteiger partial charge is 0.371 e. The summed E-state index contributed by atoms with van der Waals surface area (Å²) in [7, 11) is 0. The van der Waals surface area contributed by atoms with Crippen LogP contribution >= 0.6 is 11.3 Å². The number of benzene rings is 2. The standard InChI is InChI=1S/C32H37N5O3S/c38-30(36-19-17-34(18-20-36)23-7-2-1-3-8-23)22-13-15-35(16-14-22)26-11-6-9-24-29(26)32(40)37(31(24)39)21-28-33-25-10-4-5-12-27(25)41-28/h4-6,9-12,22-23H,1-3,7-8,13-21H2. The average Bonchev–Trinajstić information content (AvgIpc) is 3.55. The number of aromatic nitrogens is 1. The summed E-state index contributed by atoms with van der Waals surface area (Å²) in [5.41, 5.74) is 2.64. The Hall–Kier alpha value is -3.30. The highest BCUT2D eigenvalue weighted by Crippen LogP contribution is 2.36. The molecule has 2 aromatic carbocycles. The molecule has 0 atom stereocenters. The first kappa shape index (κ1) is 26.6. The first-order valence-corrected chi connectivity index (χ1v) is 16.0. The second kappa shape index (κ2) is 11.2. The van der Waals surface area contributed by atoms with Gasteiger partial charge in [0.05, 0.1) is 33.6 Å². The van der Waals surface area contributed by atoms with Crippen LogP contribution in [-0.2, 0) is 11.3 Å². The summed E-state index contributed by atoms with van der Waals surface area (Å²) in [6.07, 6.45) is 8.20. The van der Waals surface area contributed by atoms with E-state index in [0.717, 1.165) is 59.9 Å². The molecule has 3 aliphatic heterocycles. The Balaban J connectivity index is 0.986. The number of piperazine rings is 1. The molecule has 41 heavy (non-hydrogen) atoms. The van der Waals surface area contributed by atoms with Gasteiger partial charge in [0.1, 0.15) is 5.01 Å². The molecule has 8 nitrogen and oxygen atoms in total. The second-order valence-electron chi connectivity index (χ2n) is 11.9. The molecule has 0 radical (unpaired) electrons. The molecule has 1 saturated carbocycles. The van der Waals surface area contributed by atoms with Crippen LogP contribution in [0.25, 0.3) is 10.2 Å². The van der Waals surface area contributed by atoms with Gasteiger partial charge < -0.3 is 9.80 Å². The van der Waals surface area contributed by atoms with Crippen LogP contribution in [0.3, 0.4) is 0 Å². The van der Waals surface area contributed by atoms with Gasteiger partial charge in [0.25, 0.3) is 11.8 Å². The van der Waals surface area contributed by atoms with Crippen molar-refractivity contribution in [3.8, 4) is 0 Å². The van der Waals surface area contributed by atoms with Crippen LogP contribution in [0.4, 0.5) is 5.69 Å². The topological polar surface area (TPSA) is 77.1 Å². The molecule has 3 aromatic rings. The highest BCUT2D eigenvalue weighted by Gasteiger charge is 2.40. The minimum Gasteiger partial charge on any atom is -0.371 e. The predicted octanol–water partition coefficient (Wildman–Crippen LogP) is 4.79. The maximum absolute atomic E-state index is 13.6. The lowest BCUT2D eigenvalue weighted by molar-refractivity contribution is -0.138. The number of nitrogens with zero attached hydrogens (tertiary/aromatic N) is 5. The Morgan fingerprint density at radius 3 is 2.34 bits per heavy atom. The fourth-order valence-electron chi connectivity index (χ4n) is 7.22. The number of para-hydroxylation sites is 1. The number of hydrogen-bond acceptors (Lipinski definition) is 7. The summed E-state index contributed by atoms with van der Waals surface area (Å²) < 4.78 is 1.04. The average molecular weight is 572 g/mol. The van der Waals surface area contributed by atoms with Crippen LogP contribution in [0.5, 0.6) is 0 Å². The maximum atomic E-state index is 13.6. The van der Waals surface area contributed by atoms with Crippen molar-refractivity contribution in [2.24, 2.45) is 5.92 Å². The number of fused-ring (bicyclic) bond motifs is 2. The normalized spacial score (nSPS) is 21.2. The molecule has 4 aliphatic rings. The number of anilines is 1. The van der Waals surface area contributed by atoms with Crippen molar-refractivity contribution in [1.82, 2.24) is 19.7 Å². The van der Waals surface area contributed by atoms with E-state index in [2.05, 4.69) is 19.7 Å². The van der Waals surface area contributed by atoms with E-state index in [1.165, 1.54) is 48.3 Å². The van der Waals surface area contributed by atoms with E-state index in [0.29, 0.717) is 36.2 Å². The zero-order valence-electron chi connectivity index (χ0n) is 23.5. The number of piperidine rings is 1. The lowest BCUT2D eigenvalue weighted by atomic mass is 9.92. The molecule has 0 bridgehead atoms. The van der Waals surface area contributed by atoms with Gasteiger partial charge in [-0.05, 0) is 49.9 Å². The van der Waals surface area contributed by atoms with Crippen molar-refractivity contribution in [3.05, 3.63) is 58.6 Å². The van der Waals surface area contributed by atoms with E-state index < -0.39 is 0 Å². The Morgan fingerprint density at radius 1 is 0.829 bits per heavy atom. The van der Waals surface area contributed by atoms with E-state index >= 15 is 0 Å². The van der Waals surface area contributed by atoms with E-state index in [4.69, 9.17) is 0 Å². The number of hydrogen-bond donors (Lipinski definition) is 0. The quantitative estimate of drug-likeness (QED) is 0.410. The van der Waals surface area contributed by atoms with Gasteiger partial charge >= 0.3 is 0 Å². The Morgan fingerprint density at radius 2 is 1.59 bits per heavy atom. The molecule has 3 fully saturated rings. The molecular weight excluding hydrogens is 534 g/mol.